The van der Waals surface area contributed by atoms with Gasteiger partial charge in [0.25, 0.3) is 0 Å². The van der Waals surface area contributed by atoms with Crippen LogP contribution >= 0.6 is 0 Å². The molecule has 0 radical (unpaired) electrons. The van der Waals surface area contributed by atoms with Gasteiger partial charge in [0.1, 0.15) is 5.84 Å². The third kappa shape index (κ3) is 4.49. The number of benzene rings is 2. The molecule has 0 saturated carbocycles. The fourth-order valence-corrected chi connectivity index (χ4v) is 1.87. The number of aryl methyl sites for hydroxylation is 1. The number of hydrogen-bond acceptors (Lipinski definition) is 2. The highest BCUT2D eigenvalue weighted by atomic mass is 15.1. The number of hydrogen-bond donors (Lipinski definition) is 1. The zero-order chi connectivity index (χ0) is 15.2. The predicted octanol–water partition coefficient (Wildman–Crippen LogP) is 3.76. The van der Waals surface area contributed by atoms with Gasteiger partial charge in [0.15, 0.2) is 0 Å². The van der Waals surface area contributed by atoms with E-state index in [0.717, 1.165) is 11.3 Å². The smallest absolute Gasteiger partial charge is 0.124 e. The van der Waals surface area contributed by atoms with Crippen molar-refractivity contribution >= 4 is 23.3 Å². The normalized spacial score (nSPS) is 11.9. The van der Waals surface area contributed by atoms with E-state index in [2.05, 4.69) is 34.2 Å². The zero-order valence-corrected chi connectivity index (χ0v) is 12.7. The monoisotopic (exact) mass is 279 g/mol. The zero-order valence-electron chi connectivity index (χ0n) is 12.7. The molecule has 2 aromatic carbocycles. The lowest BCUT2D eigenvalue weighted by molar-refractivity contribution is 1.13. The Labute approximate surface area is 126 Å². The van der Waals surface area contributed by atoms with Crippen LogP contribution in [-0.2, 0) is 0 Å². The number of aliphatic imine (C=N–C) groups is 1. The standard InChI is InChI=1S/C18H21N3/c1-14-4-9-16(10-5-14)20-18(19)13-8-15-6-11-17(12-7-15)21(2)3/h4-13H,1-3H3,(H2,19,20)/b13-8+. The third-order valence-corrected chi connectivity index (χ3v) is 3.15. The average Bonchev–Trinajstić information content (AvgIpc) is 2.48. The lowest BCUT2D eigenvalue weighted by Crippen LogP contribution is -2.08. The van der Waals surface area contributed by atoms with Gasteiger partial charge in [-0.3, -0.25) is 0 Å². The quantitative estimate of drug-likeness (QED) is 0.684. The minimum atomic E-state index is 0.496. The molecule has 0 heterocycles. The molecule has 2 aromatic rings. The summed E-state index contributed by atoms with van der Waals surface area (Å²) in [6.45, 7) is 2.05. The van der Waals surface area contributed by atoms with Gasteiger partial charge in [0.2, 0.25) is 0 Å². The third-order valence-electron chi connectivity index (χ3n) is 3.15. The maximum atomic E-state index is 5.92. The minimum absolute atomic E-state index is 0.496. The first-order valence-corrected chi connectivity index (χ1v) is 6.91. The predicted molar refractivity (Wildman–Crippen MR) is 92.3 cm³/mol. The van der Waals surface area contributed by atoms with Crippen LogP contribution < -0.4 is 10.6 Å². The lowest BCUT2D eigenvalue weighted by atomic mass is 10.2. The Morgan fingerprint density at radius 3 is 2.19 bits per heavy atom. The summed E-state index contributed by atoms with van der Waals surface area (Å²) in [7, 11) is 4.05. The summed E-state index contributed by atoms with van der Waals surface area (Å²) in [5.74, 6) is 0.496. The summed E-state index contributed by atoms with van der Waals surface area (Å²) in [6.07, 6.45) is 3.79. The molecule has 2 N–H and O–H groups in total. The van der Waals surface area contributed by atoms with Gasteiger partial charge >= 0.3 is 0 Å². The molecule has 0 fully saturated rings. The molecular formula is C18H21N3. The molecule has 108 valence electrons. The molecule has 0 aliphatic rings. The van der Waals surface area contributed by atoms with Crippen molar-refractivity contribution < 1.29 is 0 Å². The van der Waals surface area contributed by atoms with Crippen molar-refractivity contribution in [3.8, 4) is 0 Å². The fraction of sp³-hybridized carbons (Fsp3) is 0.167. The first kappa shape index (κ1) is 14.9. The summed E-state index contributed by atoms with van der Waals surface area (Å²) in [5.41, 5.74) is 10.3. The average molecular weight is 279 g/mol. The van der Waals surface area contributed by atoms with E-state index >= 15 is 0 Å². The van der Waals surface area contributed by atoms with E-state index in [9.17, 15) is 0 Å². The van der Waals surface area contributed by atoms with Crippen molar-refractivity contribution in [3.05, 3.63) is 65.7 Å². The van der Waals surface area contributed by atoms with Gasteiger partial charge in [-0.25, -0.2) is 4.99 Å². The largest absolute Gasteiger partial charge is 0.384 e. The number of anilines is 1. The molecule has 2 rings (SSSR count). The summed E-state index contributed by atoms with van der Waals surface area (Å²) in [4.78, 5) is 6.43. The van der Waals surface area contributed by atoms with E-state index < -0.39 is 0 Å². The summed E-state index contributed by atoms with van der Waals surface area (Å²) >= 11 is 0. The molecule has 0 aromatic heterocycles. The Bertz CT molecular complexity index is 635. The Hall–Kier alpha value is -2.55. The van der Waals surface area contributed by atoms with Gasteiger partial charge in [0, 0.05) is 19.8 Å². The van der Waals surface area contributed by atoms with Crippen LogP contribution in [0.4, 0.5) is 11.4 Å². The Balaban J connectivity index is 2.07. The van der Waals surface area contributed by atoms with E-state index in [1.54, 1.807) is 0 Å². The Morgan fingerprint density at radius 1 is 1.00 bits per heavy atom. The van der Waals surface area contributed by atoms with Crippen LogP contribution in [-0.4, -0.2) is 19.9 Å². The molecule has 0 amide bonds. The van der Waals surface area contributed by atoms with E-state index in [-0.39, 0.29) is 0 Å². The van der Waals surface area contributed by atoms with E-state index in [4.69, 9.17) is 5.73 Å². The second-order valence-corrected chi connectivity index (χ2v) is 5.19. The fourth-order valence-electron chi connectivity index (χ4n) is 1.87. The molecule has 21 heavy (non-hydrogen) atoms. The van der Waals surface area contributed by atoms with Gasteiger partial charge in [-0.15, -0.1) is 0 Å². The van der Waals surface area contributed by atoms with Crippen molar-refractivity contribution in [1.82, 2.24) is 0 Å². The van der Waals surface area contributed by atoms with E-state index in [0.29, 0.717) is 5.84 Å². The number of rotatable bonds is 4. The number of nitrogens with zero attached hydrogens (tertiary/aromatic N) is 2. The van der Waals surface area contributed by atoms with Crippen molar-refractivity contribution in [2.45, 2.75) is 6.92 Å². The van der Waals surface area contributed by atoms with Gasteiger partial charge in [0.05, 0.1) is 5.69 Å². The van der Waals surface area contributed by atoms with Crippen LogP contribution in [0.1, 0.15) is 11.1 Å². The highest BCUT2D eigenvalue weighted by Gasteiger charge is 1.94. The minimum Gasteiger partial charge on any atom is -0.384 e. The van der Waals surface area contributed by atoms with Crippen molar-refractivity contribution in [2.24, 2.45) is 10.7 Å². The van der Waals surface area contributed by atoms with Crippen molar-refractivity contribution in [2.75, 3.05) is 19.0 Å². The first-order valence-electron chi connectivity index (χ1n) is 6.91. The van der Waals surface area contributed by atoms with E-state index in [1.807, 2.05) is 57.4 Å². The van der Waals surface area contributed by atoms with E-state index in [1.165, 1.54) is 11.3 Å². The first-order chi connectivity index (χ1) is 10.0. The molecule has 0 aliphatic heterocycles. The summed E-state index contributed by atoms with van der Waals surface area (Å²) < 4.78 is 0. The second kappa shape index (κ2) is 6.75. The molecule has 0 atom stereocenters. The molecule has 3 nitrogen and oxygen atoms in total. The maximum Gasteiger partial charge on any atom is 0.124 e. The summed E-state index contributed by atoms with van der Waals surface area (Å²) in [5, 5.41) is 0. The molecule has 0 unspecified atom stereocenters. The molecule has 0 bridgehead atoms. The van der Waals surface area contributed by atoms with Crippen LogP contribution in [0, 0.1) is 6.92 Å². The Kier molecular flexibility index (Phi) is 4.77. The topological polar surface area (TPSA) is 41.6 Å². The lowest BCUT2D eigenvalue weighted by Gasteiger charge is -2.11. The molecule has 0 aliphatic carbocycles. The Morgan fingerprint density at radius 2 is 1.62 bits per heavy atom. The van der Waals surface area contributed by atoms with Gasteiger partial charge in [-0.2, -0.15) is 0 Å². The number of nitrogens with two attached hydrogens (primary N) is 1. The van der Waals surface area contributed by atoms with Crippen molar-refractivity contribution in [3.63, 3.8) is 0 Å². The molecule has 3 heteroatoms. The SMILES string of the molecule is Cc1ccc(N=C(N)/C=C/c2ccc(N(C)C)cc2)cc1. The molecule has 0 saturated heterocycles. The van der Waals surface area contributed by atoms with Crippen LogP contribution in [0.3, 0.4) is 0 Å². The van der Waals surface area contributed by atoms with Crippen LogP contribution in [0.15, 0.2) is 59.6 Å². The highest BCUT2D eigenvalue weighted by molar-refractivity contribution is 5.96. The molecular weight excluding hydrogens is 258 g/mol. The summed E-state index contributed by atoms with van der Waals surface area (Å²) in [6, 6.07) is 16.2. The van der Waals surface area contributed by atoms with Gasteiger partial charge in [-0.1, -0.05) is 35.9 Å². The van der Waals surface area contributed by atoms with Crippen LogP contribution in [0.25, 0.3) is 6.08 Å². The van der Waals surface area contributed by atoms with Crippen LogP contribution in [0.5, 0.6) is 0 Å². The van der Waals surface area contributed by atoms with Crippen LogP contribution in [0.2, 0.25) is 0 Å². The number of amidine groups is 1. The van der Waals surface area contributed by atoms with Gasteiger partial charge in [-0.05, 0) is 42.8 Å². The van der Waals surface area contributed by atoms with Crippen molar-refractivity contribution in [1.29, 1.82) is 0 Å². The maximum absolute atomic E-state index is 5.92. The van der Waals surface area contributed by atoms with Gasteiger partial charge < -0.3 is 10.6 Å². The molecule has 0 spiro atoms. The highest BCUT2D eigenvalue weighted by Crippen LogP contribution is 2.14. The second-order valence-electron chi connectivity index (χ2n) is 5.19.